The lowest BCUT2D eigenvalue weighted by Gasteiger charge is -2.30. The summed E-state index contributed by atoms with van der Waals surface area (Å²) in [6.07, 6.45) is 3.76. The lowest BCUT2D eigenvalue weighted by molar-refractivity contribution is -0.140. The number of likely N-dealkylation sites (N-methyl/N-ethyl adjacent to an activating group) is 1. The van der Waals surface area contributed by atoms with Crippen LogP contribution in [0.25, 0.3) is 0 Å². The van der Waals surface area contributed by atoms with E-state index < -0.39 is 17.7 Å². The van der Waals surface area contributed by atoms with Gasteiger partial charge in [-0.3, -0.25) is 9.78 Å². The fourth-order valence-corrected chi connectivity index (χ4v) is 3.92. The number of pyridine rings is 1. The van der Waals surface area contributed by atoms with Crippen LogP contribution in [-0.2, 0) is 16.0 Å². The molecule has 4 heterocycles. The highest BCUT2D eigenvalue weighted by atomic mass is 16.5. The second kappa shape index (κ2) is 9.45. The molecule has 0 bridgehead atoms. The summed E-state index contributed by atoms with van der Waals surface area (Å²) < 4.78 is 12.0. The number of hydrogen-bond donors (Lipinski definition) is 2. The predicted molar refractivity (Wildman–Crippen MR) is 130 cm³/mol. The molecular formula is C26H25N5O5. The molecule has 2 aliphatic heterocycles. The van der Waals surface area contributed by atoms with Crippen LogP contribution < -0.4 is 15.0 Å². The van der Waals surface area contributed by atoms with Gasteiger partial charge in [0.2, 0.25) is 0 Å². The molecule has 0 aliphatic carbocycles. The number of ether oxygens (including phenoxy) is 2. The number of nitrogens with one attached hydrogen (secondary N) is 1. The van der Waals surface area contributed by atoms with Crippen LogP contribution in [0.2, 0.25) is 0 Å². The first-order valence-electron chi connectivity index (χ1n) is 11.4. The average Bonchev–Trinajstić information content (AvgIpc) is 3.28. The number of nitrogens with zero attached hydrogens (tertiary/aromatic N) is 4. The lowest BCUT2D eigenvalue weighted by atomic mass is 10.0. The van der Waals surface area contributed by atoms with Crippen LogP contribution in [0, 0.1) is 18.8 Å². The van der Waals surface area contributed by atoms with E-state index in [-0.39, 0.29) is 25.7 Å². The summed E-state index contributed by atoms with van der Waals surface area (Å²) in [5.74, 6) is 5.87. The van der Waals surface area contributed by atoms with Crippen LogP contribution in [0.1, 0.15) is 22.5 Å². The lowest BCUT2D eigenvalue weighted by Crippen LogP contribution is -2.50. The summed E-state index contributed by atoms with van der Waals surface area (Å²) >= 11 is 0. The van der Waals surface area contributed by atoms with Crippen molar-refractivity contribution in [3.8, 4) is 17.6 Å². The van der Waals surface area contributed by atoms with Crippen molar-refractivity contribution in [2.24, 2.45) is 0 Å². The molecule has 1 unspecified atom stereocenters. The van der Waals surface area contributed by atoms with E-state index in [0.717, 1.165) is 17.0 Å². The largest absolute Gasteiger partial charge is 0.489 e. The van der Waals surface area contributed by atoms with Gasteiger partial charge in [-0.05, 0) is 42.8 Å². The van der Waals surface area contributed by atoms with Gasteiger partial charge in [-0.1, -0.05) is 17.9 Å². The Balaban J connectivity index is 1.26. The highest BCUT2D eigenvalue weighted by Crippen LogP contribution is 2.31. The van der Waals surface area contributed by atoms with Gasteiger partial charge >= 0.3 is 6.03 Å². The molecule has 2 aliphatic rings. The van der Waals surface area contributed by atoms with Crippen molar-refractivity contribution < 1.29 is 24.2 Å². The van der Waals surface area contributed by atoms with Gasteiger partial charge in [-0.2, -0.15) is 9.78 Å². The second-order valence-electron chi connectivity index (χ2n) is 8.91. The summed E-state index contributed by atoms with van der Waals surface area (Å²) in [5, 5.41) is 17.0. The van der Waals surface area contributed by atoms with Gasteiger partial charge in [0.25, 0.3) is 5.91 Å². The van der Waals surface area contributed by atoms with E-state index in [4.69, 9.17) is 9.47 Å². The van der Waals surface area contributed by atoms with Gasteiger partial charge in [0.05, 0.1) is 25.1 Å². The highest BCUT2D eigenvalue weighted by molar-refractivity contribution is 6.00. The zero-order chi connectivity index (χ0) is 25.3. The molecule has 5 rings (SSSR count). The molecule has 2 amide bonds. The van der Waals surface area contributed by atoms with Gasteiger partial charge in [0.1, 0.15) is 18.4 Å². The number of anilines is 1. The summed E-state index contributed by atoms with van der Waals surface area (Å²) in [4.78, 5) is 31.9. The molecule has 0 saturated carbocycles. The minimum absolute atomic E-state index is 0.0363. The van der Waals surface area contributed by atoms with Crippen LogP contribution in [0.4, 0.5) is 10.5 Å². The van der Waals surface area contributed by atoms with Crippen molar-refractivity contribution in [1.82, 2.24) is 20.1 Å². The van der Waals surface area contributed by atoms with Gasteiger partial charge in [0, 0.05) is 36.6 Å². The molecule has 1 saturated heterocycles. The smallest absolute Gasteiger partial charge is 0.342 e. The Morgan fingerprint density at radius 2 is 2.14 bits per heavy atom. The number of benzene rings is 1. The molecule has 1 atom stereocenters. The number of fused-ring (bicyclic) bond motifs is 1. The SMILES string of the molecule is Cc1cccc(Cc2cnn(C(=O)NC3COc4ccc(C#CC5(O)COC5)cc4N(C)C3=O)c2)n1. The summed E-state index contributed by atoms with van der Waals surface area (Å²) in [6, 6.07) is 9.50. The highest BCUT2D eigenvalue weighted by Gasteiger charge is 2.34. The van der Waals surface area contributed by atoms with E-state index in [9.17, 15) is 14.7 Å². The number of aromatic nitrogens is 3. The van der Waals surface area contributed by atoms with E-state index >= 15 is 0 Å². The zero-order valence-corrected chi connectivity index (χ0v) is 19.9. The quantitative estimate of drug-likeness (QED) is 0.534. The molecule has 10 heteroatoms. The van der Waals surface area contributed by atoms with Crippen LogP contribution in [-0.4, -0.2) is 70.3 Å². The Morgan fingerprint density at radius 1 is 1.31 bits per heavy atom. The molecular weight excluding hydrogens is 462 g/mol. The van der Waals surface area contributed by atoms with E-state index in [1.165, 1.54) is 9.58 Å². The van der Waals surface area contributed by atoms with Gasteiger partial charge in [-0.25, -0.2) is 4.79 Å². The fraction of sp³-hybridized carbons (Fsp3) is 0.308. The summed E-state index contributed by atoms with van der Waals surface area (Å²) in [7, 11) is 1.61. The van der Waals surface area contributed by atoms with E-state index in [0.29, 0.717) is 23.4 Å². The second-order valence-corrected chi connectivity index (χ2v) is 8.91. The zero-order valence-electron chi connectivity index (χ0n) is 19.9. The number of amides is 2. The molecule has 3 aromatic rings. The Kier molecular flexibility index (Phi) is 6.18. The Bertz CT molecular complexity index is 1380. The molecule has 1 aromatic carbocycles. The molecule has 0 radical (unpaired) electrons. The normalized spacial score (nSPS) is 18.1. The first-order chi connectivity index (χ1) is 17.3. The van der Waals surface area contributed by atoms with Crippen molar-refractivity contribution in [3.05, 3.63) is 71.3 Å². The summed E-state index contributed by atoms with van der Waals surface area (Å²) in [6.45, 7) is 2.23. The standard InChI is InChI=1S/C26H25N5O5/c1-17-4-3-5-20(28-17)10-19-12-27-31(13-19)25(33)29-21-14-36-23-7-6-18(8-9-26(34)15-35-16-26)11-22(23)30(2)24(21)32/h3-7,11-13,21,34H,10,14-16H2,1-2H3,(H,29,33). The molecule has 184 valence electrons. The van der Waals surface area contributed by atoms with Crippen LogP contribution in [0.5, 0.6) is 5.75 Å². The first kappa shape index (κ1) is 23.5. The predicted octanol–water partition coefficient (Wildman–Crippen LogP) is 1.27. The van der Waals surface area contributed by atoms with Gasteiger partial charge in [0.15, 0.2) is 5.60 Å². The first-order valence-corrected chi connectivity index (χ1v) is 11.4. The number of carbonyl (C=O) groups excluding carboxylic acids is 2. The monoisotopic (exact) mass is 487 g/mol. The van der Waals surface area contributed by atoms with Crippen molar-refractivity contribution in [2.45, 2.75) is 25.0 Å². The number of carbonyl (C=O) groups is 2. The topological polar surface area (TPSA) is 119 Å². The molecule has 10 nitrogen and oxygen atoms in total. The number of aliphatic hydroxyl groups is 1. The third kappa shape index (κ3) is 4.93. The molecule has 36 heavy (non-hydrogen) atoms. The van der Waals surface area contributed by atoms with Gasteiger partial charge in [-0.15, -0.1) is 0 Å². The maximum absolute atomic E-state index is 13.1. The Labute approximate surface area is 207 Å². The molecule has 1 fully saturated rings. The Morgan fingerprint density at radius 3 is 2.89 bits per heavy atom. The molecule has 0 spiro atoms. The van der Waals surface area contributed by atoms with Gasteiger partial charge < -0.3 is 24.8 Å². The maximum atomic E-state index is 13.1. The van der Waals surface area contributed by atoms with E-state index in [1.54, 1.807) is 37.6 Å². The molecule has 2 aromatic heterocycles. The van der Waals surface area contributed by atoms with E-state index in [1.807, 2.05) is 25.1 Å². The van der Waals surface area contributed by atoms with Crippen molar-refractivity contribution >= 4 is 17.6 Å². The van der Waals surface area contributed by atoms with Crippen LogP contribution >= 0.6 is 0 Å². The number of hydrogen-bond acceptors (Lipinski definition) is 7. The minimum Gasteiger partial charge on any atom is -0.489 e. The third-order valence-electron chi connectivity index (χ3n) is 5.95. The van der Waals surface area contributed by atoms with E-state index in [2.05, 4.69) is 27.2 Å². The van der Waals surface area contributed by atoms with Crippen molar-refractivity contribution in [1.29, 1.82) is 0 Å². The fourth-order valence-electron chi connectivity index (χ4n) is 3.92. The average molecular weight is 488 g/mol. The van der Waals surface area contributed by atoms with Crippen LogP contribution in [0.3, 0.4) is 0 Å². The molecule has 2 N–H and O–H groups in total. The minimum atomic E-state index is -1.14. The maximum Gasteiger partial charge on any atom is 0.342 e. The van der Waals surface area contributed by atoms with Crippen molar-refractivity contribution in [3.63, 3.8) is 0 Å². The summed E-state index contributed by atoms with van der Waals surface area (Å²) in [5.41, 5.74) is 2.62. The number of aryl methyl sites for hydroxylation is 1. The number of rotatable bonds is 3. The Hall–Kier alpha value is -4.20. The third-order valence-corrected chi connectivity index (χ3v) is 5.95. The van der Waals surface area contributed by atoms with Crippen LogP contribution in [0.15, 0.2) is 48.8 Å². The van der Waals surface area contributed by atoms with Crippen molar-refractivity contribution in [2.75, 3.05) is 31.8 Å².